The predicted molar refractivity (Wildman–Crippen MR) is 76.3 cm³/mol. The lowest BCUT2D eigenvalue weighted by atomic mass is 10.2. The number of ketones is 1. The average molecular weight is 307 g/mol. The minimum atomic E-state index is -0.490. The molecular formula is C15H17NO6. The molecule has 1 N–H and O–H groups in total. The molecule has 0 radical (unpaired) electrons. The number of benzene rings is 1. The first-order valence-corrected chi connectivity index (χ1v) is 6.57. The molecule has 0 aliphatic heterocycles. The minimum Gasteiger partial charge on any atom is -0.469 e. The van der Waals surface area contributed by atoms with Crippen molar-refractivity contribution in [1.29, 1.82) is 0 Å². The lowest BCUT2D eigenvalue weighted by molar-refractivity contribution is -0.141. The summed E-state index contributed by atoms with van der Waals surface area (Å²) in [7, 11) is 1.24. The fourth-order valence-electron chi connectivity index (χ4n) is 1.58. The highest BCUT2D eigenvalue weighted by molar-refractivity contribution is 5.97. The summed E-state index contributed by atoms with van der Waals surface area (Å²) in [6, 6.07) is 6.03. The van der Waals surface area contributed by atoms with E-state index < -0.39 is 17.8 Å². The van der Waals surface area contributed by atoms with E-state index in [2.05, 4.69) is 10.1 Å². The monoisotopic (exact) mass is 307 g/mol. The van der Waals surface area contributed by atoms with E-state index in [0.29, 0.717) is 0 Å². The van der Waals surface area contributed by atoms with Crippen LogP contribution in [0.4, 0.5) is 0 Å². The molecule has 0 saturated carbocycles. The van der Waals surface area contributed by atoms with Gasteiger partial charge in [0.2, 0.25) is 0 Å². The van der Waals surface area contributed by atoms with Crippen LogP contribution in [0, 0.1) is 0 Å². The first-order chi connectivity index (χ1) is 10.4. The fraction of sp³-hybridized carbons (Fsp3) is 0.333. The van der Waals surface area contributed by atoms with Crippen LogP contribution in [0.5, 0.6) is 5.75 Å². The molecule has 0 saturated heterocycles. The number of carbonyl (C=O) groups is 4. The Hall–Kier alpha value is -2.70. The Morgan fingerprint density at radius 3 is 2.50 bits per heavy atom. The molecule has 0 aliphatic carbocycles. The quantitative estimate of drug-likeness (QED) is 0.592. The maximum Gasteiger partial charge on any atom is 0.308 e. The van der Waals surface area contributed by atoms with Crippen molar-refractivity contribution in [1.82, 2.24) is 5.32 Å². The number of rotatable bonds is 7. The average Bonchev–Trinajstić information content (AvgIpc) is 2.49. The summed E-state index contributed by atoms with van der Waals surface area (Å²) in [5, 5.41) is 2.44. The number of Topliss-reactive ketones (excluding diaryl/α,β-unsaturated/α-hetero) is 1. The summed E-state index contributed by atoms with van der Waals surface area (Å²) in [6.07, 6.45) is -0.0203. The Morgan fingerprint density at radius 1 is 1.14 bits per heavy atom. The van der Waals surface area contributed by atoms with E-state index >= 15 is 0 Å². The van der Waals surface area contributed by atoms with E-state index in [1.165, 1.54) is 26.2 Å². The third-order valence-electron chi connectivity index (χ3n) is 2.64. The van der Waals surface area contributed by atoms with Crippen LogP contribution in [0.15, 0.2) is 24.3 Å². The van der Waals surface area contributed by atoms with Crippen LogP contribution < -0.4 is 10.1 Å². The highest BCUT2D eigenvalue weighted by atomic mass is 16.5. The van der Waals surface area contributed by atoms with Crippen molar-refractivity contribution in [3.8, 4) is 5.75 Å². The SMILES string of the molecule is COC(=O)CCC(=O)CNC(=O)c1cccc(OC(C)=O)c1. The molecule has 0 atom stereocenters. The Labute approximate surface area is 127 Å². The largest absolute Gasteiger partial charge is 0.469 e. The van der Waals surface area contributed by atoms with Crippen LogP contribution in [0.1, 0.15) is 30.1 Å². The first-order valence-electron chi connectivity index (χ1n) is 6.57. The van der Waals surface area contributed by atoms with E-state index in [4.69, 9.17) is 4.74 Å². The second-order valence-electron chi connectivity index (χ2n) is 4.42. The van der Waals surface area contributed by atoms with Gasteiger partial charge in [-0.05, 0) is 18.2 Å². The Bertz CT molecular complexity index is 581. The van der Waals surface area contributed by atoms with Gasteiger partial charge >= 0.3 is 11.9 Å². The van der Waals surface area contributed by atoms with Gasteiger partial charge in [-0.15, -0.1) is 0 Å². The molecule has 7 nitrogen and oxygen atoms in total. The van der Waals surface area contributed by atoms with Gasteiger partial charge in [-0.1, -0.05) is 6.07 Å². The van der Waals surface area contributed by atoms with Crippen molar-refractivity contribution in [3.63, 3.8) is 0 Å². The summed E-state index contributed by atoms with van der Waals surface area (Å²) < 4.78 is 9.29. The first kappa shape index (κ1) is 17.4. The van der Waals surface area contributed by atoms with Crippen LogP contribution in [0.3, 0.4) is 0 Å². The van der Waals surface area contributed by atoms with Crippen LogP contribution >= 0.6 is 0 Å². The number of ether oxygens (including phenoxy) is 2. The van der Waals surface area contributed by atoms with Crippen molar-refractivity contribution in [2.75, 3.05) is 13.7 Å². The zero-order valence-corrected chi connectivity index (χ0v) is 12.4. The molecule has 0 bridgehead atoms. The Kier molecular flexibility index (Phi) is 6.75. The van der Waals surface area contributed by atoms with Crippen LogP contribution in [-0.4, -0.2) is 37.3 Å². The van der Waals surface area contributed by atoms with E-state index in [0.717, 1.165) is 0 Å². The van der Waals surface area contributed by atoms with Crippen molar-refractivity contribution >= 4 is 23.6 Å². The third kappa shape index (κ3) is 6.17. The second kappa shape index (κ2) is 8.56. The van der Waals surface area contributed by atoms with Crippen molar-refractivity contribution in [2.45, 2.75) is 19.8 Å². The molecular weight excluding hydrogens is 290 g/mol. The normalized spacial score (nSPS) is 9.73. The van der Waals surface area contributed by atoms with Gasteiger partial charge in [0.15, 0.2) is 5.78 Å². The Balaban J connectivity index is 2.50. The maximum atomic E-state index is 11.9. The Morgan fingerprint density at radius 2 is 1.86 bits per heavy atom. The molecule has 0 aromatic heterocycles. The number of methoxy groups -OCH3 is 1. The molecule has 1 amide bonds. The second-order valence-corrected chi connectivity index (χ2v) is 4.42. The fourth-order valence-corrected chi connectivity index (χ4v) is 1.58. The summed E-state index contributed by atoms with van der Waals surface area (Å²) >= 11 is 0. The molecule has 1 aromatic carbocycles. The number of esters is 2. The summed E-state index contributed by atoms with van der Waals surface area (Å²) in [5.74, 6) is -1.48. The summed E-state index contributed by atoms with van der Waals surface area (Å²) in [6.45, 7) is 1.07. The molecule has 0 spiro atoms. The molecule has 0 heterocycles. The van der Waals surface area contributed by atoms with Gasteiger partial charge in [0.25, 0.3) is 5.91 Å². The lowest BCUT2D eigenvalue weighted by Gasteiger charge is -2.06. The molecule has 1 aromatic rings. The molecule has 0 aliphatic rings. The van der Waals surface area contributed by atoms with Gasteiger partial charge in [-0.2, -0.15) is 0 Å². The van der Waals surface area contributed by atoms with Gasteiger partial charge in [-0.25, -0.2) is 0 Å². The standard InChI is InChI=1S/C15H17NO6/c1-10(17)22-13-5-3-4-11(8-13)15(20)16-9-12(18)6-7-14(19)21-2/h3-5,8H,6-7,9H2,1-2H3,(H,16,20). The molecule has 22 heavy (non-hydrogen) atoms. The van der Waals surface area contributed by atoms with E-state index in [9.17, 15) is 19.2 Å². The highest BCUT2D eigenvalue weighted by Crippen LogP contribution is 2.13. The molecule has 1 rings (SSSR count). The number of amides is 1. The number of carbonyl (C=O) groups excluding carboxylic acids is 4. The van der Waals surface area contributed by atoms with Gasteiger partial charge in [0.05, 0.1) is 20.1 Å². The number of nitrogens with one attached hydrogen (secondary N) is 1. The van der Waals surface area contributed by atoms with Gasteiger partial charge in [-0.3, -0.25) is 19.2 Å². The number of hydrogen-bond acceptors (Lipinski definition) is 6. The molecule has 0 unspecified atom stereocenters. The molecule has 7 heteroatoms. The smallest absolute Gasteiger partial charge is 0.308 e. The lowest BCUT2D eigenvalue weighted by Crippen LogP contribution is -2.29. The predicted octanol–water partition coefficient (Wildman–Crippen LogP) is 0.864. The van der Waals surface area contributed by atoms with E-state index in [1.807, 2.05) is 0 Å². The molecule has 118 valence electrons. The van der Waals surface area contributed by atoms with Gasteiger partial charge in [0.1, 0.15) is 5.75 Å². The zero-order valence-electron chi connectivity index (χ0n) is 12.4. The van der Waals surface area contributed by atoms with Crippen molar-refractivity contribution in [2.24, 2.45) is 0 Å². The summed E-state index contributed by atoms with van der Waals surface area (Å²) in [4.78, 5) is 45.2. The van der Waals surface area contributed by atoms with Crippen LogP contribution in [-0.2, 0) is 19.1 Å². The van der Waals surface area contributed by atoms with Crippen molar-refractivity contribution in [3.05, 3.63) is 29.8 Å². The van der Waals surface area contributed by atoms with Crippen LogP contribution in [0.2, 0.25) is 0 Å². The molecule has 0 fully saturated rings. The van der Waals surface area contributed by atoms with Gasteiger partial charge < -0.3 is 14.8 Å². The van der Waals surface area contributed by atoms with Crippen molar-refractivity contribution < 1.29 is 28.7 Å². The third-order valence-corrected chi connectivity index (χ3v) is 2.64. The maximum absolute atomic E-state index is 11.9. The zero-order chi connectivity index (χ0) is 16.5. The number of hydrogen-bond donors (Lipinski definition) is 1. The summed E-state index contributed by atoms with van der Waals surface area (Å²) in [5.41, 5.74) is 0.263. The van der Waals surface area contributed by atoms with E-state index in [-0.39, 0.29) is 36.5 Å². The van der Waals surface area contributed by atoms with Crippen LogP contribution in [0.25, 0.3) is 0 Å². The highest BCUT2D eigenvalue weighted by Gasteiger charge is 2.11. The topological polar surface area (TPSA) is 98.8 Å². The minimum absolute atomic E-state index is 0.000437. The van der Waals surface area contributed by atoms with E-state index in [1.54, 1.807) is 12.1 Å². The van der Waals surface area contributed by atoms with Gasteiger partial charge in [0, 0.05) is 18.9 Å².